The number of nitrogens with zero attached hydrogens (tertiary/aromatic N) is 6. The van der Waals surface area contributed by atoms with E-state index in [1.807, 2.05) is 19.4 Å². The molecule has 2 saturated heterocycles. The number of imidazole rings is 1. The van der Waals surface area contributed by atoms with Gasteiger partial charge in [-0.3, -0.25) is 9.48 Å². The van der Waals surface area contributed by atoms with Crippen LogP contribution in [0, 0.1) is 5.92 Å². The Morgan fingerprint density at radius 2 is 1.96 bits per heavy atom. The van der Waals surface area contributed by atoms with Gasteiger partial charge in [-0.2, -0.15) is 5.10 Å². The lowest BCUT2D eigenvalue weighted by Gasteiger charge is -2.42. The normalized spacial score (nSPS) is 24.3. The van der Waals surface area contributed by atoms with Crippen LogP contribution < -0.4 is 4.90 Å². The van der Waals surface area contributed by atoms with E-state index in [2.05, 4.69) is 35.9 Å². The molecule has 2 unspecified atom stereocenters. The van der Waals surface area contributed by atoms with Gasteiger partial charge in [0, 0.05) is 50.5 Å². The third kappa shape index (κ3) is 2.43. The molecule has 3 aromatic rings. The van der Waals surface area contributed by atoms with Crippen molar-refractivity contribution in [2.45, 2.75) is 37.8 Å². The minimum Gasteiger partial charge on any atom is -0.366 e. The number of H-pyrrole nitrogens is 1. The zero-order chi connectivity index (χ0) is 18.8. The van der Waals surface area contributed by atoms with Gasteiger partial charge in [0.15, 0.2) is 5.65 Å². The van der Waals surface area contributed by atoms with Crippen LogP contribution in [0.2, 0.25) is 0 Å². The molecule has 1 aliphatic carbocycles. The minimum atomic E-state index is 0.303. The Bertz CT molecular complexity index is 1050. The molecule has 3 fully saturated rings. The molecule has 3 aromatic heterocycles. The topological polar surface area (TPSA) is 82.9 Å². The molecular weight excluding hydrogens is 354 g/mol. The van der Waals surface area contributed by atoms with Crippen molar-refractivity contribution in [3.63, 3.8) is 0 Å². The lowest BCUT2D eigenvalue weighted by atomic mass is 10.1. The van der Waals surface area contributed by atoms with Crippen LogP contribution in [0.15, 0.2) is 24.7 Å². The molecule has 3 aliphatic rings. The molecule has 1 N–H and O–H groups in total. The quantitative estimate of drug-likeness (QED) is 0.754. The van der Waals surface area contributed by atoms with E-state index < -0.39 is 0 Å². The second kappa shape index (κ2) is 5.80. The average molecular weight is 377 g/mol. The number of hydrogen-bond donors (Lipinski definition) is 1. The number of anilines is 1. The Labute approximate surface area is 162 Å². The van der Waals surface area contributed by atoms with Crippen molar-refractivity contribution in [1.29, 1.82) is 0 Å². The number of aryl methyl sites for hydroxylation is 1. The monoisotopic (exact) mass is 377 g/mol. The van der Waals surface area contributed by atoms with Gasteiger partial charge in [-0.15, -0.1) is 0 Å². The van der Waals surface area contributed by atoms with Crippen molar-refractivity contribution in [1.82, 2.24) is 29.6 Å². The molecule has 8 nitrogen and oxygen atoms in total. The van der Waals surface area contributed by atoms with E-state index in [9.17, 15) is 4.79 Å². The Balaban J connectivity index is 1.33. The van der Waals surface area contributed by atoms with Gasteiger partial charge in [-0.1, -0.05) is 0 Å². The average Bonchev–Trinajstić information content (AvgIpc) is 3.22. The van der Waals surface area contributed by atoms with Gasteiger partial charge >= 0.3 is 0 Å². The summed E-state index contributed by atoms with van der Waals surface area (Å²) in [5.41, 5.74) is 3.76. The minimum absolute atomic E-state index is 0.303. The van der Waals surface area contributed by atoms with E-state index in [0.717, 1.165) is 67.0 Å². The Morgan fingerprint density at radius 3 is 2.64 bits per heavy atom. The van der Waals surface area contributed by atoms with Gasteiger partial charge in [0.1, 0.15) is 11.3 Å². The molecule has 28 heavy (non-hydrogen) atoms. The van der Waals surface area contributed by atoms with Gasteiger partial charge < -0.3 is 14.8 Å². The summed E-state index contributed by atoms with van der Waals surface area (Å²) in [4.78, 5) is 29.9. The molecule has 0 spiro atoms. The summed E-state index contributed by atoms with van der Waals surface area (Å²) in [5.74, 6) is 1.48. The first kappa shape index (κ1) is 16.1. The SMILES string of the molecule is Cn1cc(-c2nc3nccc(N4CC5CCC(C4)N5C(=O)C4CC4)c3[nH]2)cn1. The number of pyridine rings is 1. The highest BCUT2D eigenvalue weighted by Crippen LogP contribution is 2.39. The first-order chi connectivity index (χ1) is 13.7. The van der Waals surface area contributed by atoms with Gasteiger partial charge in [-0.25, -0.2) is 9.97 Å². The maximum Gasteiger partial charge on any atom is 0.226 e. The van der Waals surface area contributed by atoms with Crippen LogP contribution in [0.25, 0.3) is 22.6 Å². The number of fused-ring (bicyclic) bond motifs is 3. The number of carbonyl (C=O) groups is 1. The van der Waals surface area contributed by atoms with E-state index in [0.29, 0.717) is 23.9 Å². The van der Waals surface area contributed by atoms with Crippen LogP contribution in [0.1, 0.15) is 25.7 Å². The van der Waals surface area contributed by atoms with E-state index >= 15 is 0 Å². The van der Waals surface area contributed by atoms with Gasteiger partial charge in [0.2, 0.25) is 5.91 Å². The third-order valence-electron chi connectivity index (χ3n) is 6.35. The summed E-state index contributed by atoms with van der Waals surface area (Å²) < 4.78 is 1.77. The van der Waals surface area contributed by atoms with Crippen LogP contribution in [0.3, 0.4) is 0 Å². The molecule has 1 amide bonds. The number of piperazine rings is 1. The number of hydrogen-bond acceptors (Lipinski definition) is 5. The van der Waals surface area contributed by atoms with Gasteiger partial charge in [0.25, 0.3) is 0 Å². The fourth-order valence-electron chi connectivity index (χ4n) is 4.84. The lowest BCUT2D eigenvalue weighted by molar-refractivity contribution is -0.135. The van der Waals surface area contributed by atoms with Crippen molar-refractivity contribution in [2.75, 3.05) is 18.0 Å². The maximum absolute atomic E-state index is 12.7. The summed E-state index contributed by atoms with van der Waals surface area (Å²) in [6, 6.07) is 2.72. The molecule has 0 aromatic carbocycles. The molecule has 5 heterocycles. The molecule has 2 atom stereocenters. The van der Waals surface area contributed by atoms with Crippen LogP contribution in [0.4, 0.5) is 5.69 Å². The molecular formula is C20H23N7O. The van der Waals surface area contributed by atoms with Crippen LogP contribution in [0.5, 0.6) is 0 Å². The number of rotatable bonds is 3. The predicted molar refractivity (Wildman–Crippen MR) is 105 cm³/mol. The third-order valence-corrected chi connectivity index (χ3v) is 6.35. The summed E-state index contributed by atoms with van der Waals surface area (Å²) >= 11 is 0. The summed E-state index contributed by atoms with van der Waals surface area (Å²) in [7, 11) is 1.90. The predicted octanol–water partition coefficient (Wildman–Crippen LogP) is 1.95. The number of amides is 1. The zero-order valence-corrected chi connectivity index (χ0v) is 15.9. The van der Waals surface area contributed by atoms with Crippen molar-refractivity contribution in [3.05, 3.63) is 24.7 Å². The van der Waals surface area contributed by atoms with Gasteiger partial charge in [0.05, 0.1) is 17.4 Å². The van der Waals surface area contributed by atoms with Crippen LogP contribution >= 0.6 is 0 Å². The highest BCUT2D eigenvalue weighted by Gasteiger charge is 2.46. The molecule has 1 saturated carbocycles. The lowest BCUT2D eigenvalue weighted by Crippen LogP contribution is -2.56. The van der Waals surface area contributed by atoms with Crippen LogP contribution in [-0.4, -0.2) is 60.7 Å². The standard InChI is InChI=1S/C20H23N7O/c1-25-9-13(8-22-25)18-23-17-16(6-7-21-19(17)24-18)26-10-14-4-5-15(11-26)27(14)20(28)12-2-3-12/h6-9,12,14-15H,2-5,10-11H2,1H3,(H,21,23,24). The fraction of sp³-hybridized carbons (Fsp3) is 0.500. The molecule has 8 heteroatoms. The van der Waals surface area contributed by atoms with Crippen LogP contribution in [-0.2, 0) is 11.8 Å². The second-order valence-electron chi connectivity index (χ2n) is 8.33. The number of carbonyl (C=O) groups excluding carboxylic acids is 1. The molecule has 0 radical (unpaired) electrons. The van der Waals surface area contributed by atoms with Gasteiger partial charge in [-0.05, 0) is 31.7 Å². The molecule has 6 rings (SSSR count). The first-order valence-electron chi connectivity index (χ1n) is 10.1. The summed E-state index contributed by atoms with van der Waals surface area (Å²) in [6.07, 6.45) is 9.95. The second-order valence-corrected chi connectivity index (χ2v) is 8.33. The van der Waals surface area contributed by atoms with E-state index in [1.54, 1.807) is 10.9 Å². The van der Waals surface area contributed by atoms with E-state index in [-0.39, 0.29) is 0 Å². The number of aromatic nitrogens is 5. The number of nitrogens with one attached hydrogen (secondary N) is 1. The van der Waals surface area contributed by atoms with Crippen molar-refractivity contribution in [2.24, 2.45) is 13.0 Å². The number of aromatic amines is 1. The largest absolute Gasteiger partial charge is 0.366 e. The Hall–Kier alpha value is -2.90. The van der Waals surface area contributed by atoms with E-state index in [4.69, 9.17) is 0 Å². The molecule has 2 bridgehead atoms. The fourth-order valence-corrected chi connectivity index (χ4v) is 4.84. The Morgan fingerprint density at radius 1 is 1.18 bits per heavy atom. The smallest absolute Gasteiger partial charge is 0.226 e. The van der Waals surface area contributed by atoms with Crippen molar-refractivity contribution in [3.8, 4) is 11.4 Å². The highest BCUT2D eigenvalue weighted by molar-refractivity contribution is 5.89. The summed E-state index contributed by atoms with van der Waals surface area (Å²) in [5, 5.41) is 4.24. The maximum atomic E-state index is 12.7. The van der Waals surface area contributed by atoms with Crippen molar-refractivity contribution >= 4 is 22.8 Å². The first-order valence-corrected chi connectivity index (χ1v) is 10.1. The van der Waals surface area contributed by atoms with Crippen molar-refractivity contribution < 1.29 is 4.79 Å². The zero-order valence-electron chi connectivity index (χ0n) is 15.9. The Kier molecular flexibility index (Phi) is 3.33. The molecule has 144 valence electrons. The summed E-state index contributed by atoms with van der Waals surface area (Å²) in [6.45, 7) is 1.77. The molecule has 2 aliphatic heterocycles. The highest BCUT2D eigenvalue weighted by atomic mass is 16.2. The van der Waals surface area contributed by atoms with E-state index in [1.165, 1.54) is 0 Å².